The first kappa shape index (κ1) is 14.9. The summed E-state index contributed by atoms with van der Waals surface area (Å²) in [6.45, 7) is 4.00. The number of anilines is 2. The Morgan fingerprint density at radius 2 is 1.80 bits per heavy atom. The van der Waals surface area contributed by atoms with Crippen molar-refractivity contribution in [2.75, 3.05) is 5.32 Å². The summed E-state index contributed by atoms with van der Waals surface area (Å²) in [5.74, 6) is -0.421. The second-order valence-corrected chi connectivity index (χ2v) is 5.95. The highest BCUT2D eigenvalue weighted by atomic mass is 79.9. The van der Waals surface area contributed by atoms with Gasteiger partial charge in [0, 0.05) is 21.4 Å². The lowest BCUT2D eigenvalue weighted by molar-refractivity contribution is 0.626. The summed E-state index contributed by atoms with van der Waals surface area (Å²) in [6, 6.07) is 8.77. The molecule has 5 heteroatoms. The number of rotatable bonds is 3. The maximum atomic E-state index is 13.9. The van der Waals surface area contributed by atoms with Crippen molar-refractivity contribution in [2.45, 2.75) is 13.8 Å². The van der Waals surface area contributed by atoms with Gasteiger partial charge in [-0.15, -0.1) is 0 Å². The molecule has 0 spiro atoms. The maximum absolute atomic E-state index is 13.9. The Labute approximate surface area is 131 Å². The molecule has 2 aromatic rings. The molecule has 0 radical (unpaired) electrons. The van der Waals surface area contributed by atoms with Crippen LogP contribution in [-0.4, -0.2) is 4.99 Å². The third-order valence-electron chi connectivity index (χ3n) is 3.00. The summed E-state index contributed by atoms with van der Waals surface area (Å²) in [7, 11) is 0. The lowest BCUT2D eigenvalue weighted by Gasteiger charge is -2.14. The Morgan fingerprint density at radius 1 is 1.20 bits per heavy atom. The first-order valence-corrected chi connectivity index (χ1v) is 7.21. The fourth-order valence-electron chi connectivity index (χ4n) is 2.04. The van der Waals surface area contributed by atoms with Gasteiger partial charge in [0.2, 0.25) is 0 Å². The lowest BCUT2D eigenvalue weighted by Crippen LogP contribution is -2.11. The van der Waals surface area contributed by atoms with E-state index in [1.807, 2.05) is 26.0 Å². The highest BCUT2D eigenvalue weighted by Crippen LogP contribution is 2.28. The van der Waals surface area contributed by atoms with E-state index in [9.17, 15) is 4.39 Å². The molecule has 0 saturated heterocycles. The highest BCUT2D eigenvalue weighted by Gasteiger charge is 2.08. The molecule has 0 unspecified atom stereocenters. The zero-order valence-corrected chi connectivity index (χ0v) is 13.5. The lowest BCUT2D eigenvalue weighted by atomic mass is 10.1. The molecule has 0 bridgehead atoms. The zero-order valence-electron chi connectivity index (χ0n) is 11.1. The van der Waals surface area contributed by atoms with Gasteiger partial charge in [-0.3, -0.25) is 0 Å². The third-order valence-corrected chi connectivity index (χ3v) is 3.68. The van der Waals surface area contributed by atoms with Crippen LogP contribution in [0.3, 0.4) is 0 Å². The van der Waals surface area contributed by atoms with Gasteiger partial charge in [0.05, 0.1) is 0 Å². The monoisotopic (exact) mass is 352 g/mol. The third kappa shape index (κ3) is 3.16. The quantitative estimate of drug-likeness (QED) is 0.793. The van der Waals surface area contributed by atoms with E-state index < -0.39 is 5.82 Å². The predicted molar refractivity (Wildman–Crippen MR) is 89.2 cm³/mol. The molecule has 20 heavy (non-hydrogen) atoms. The SMILES string of the molecule is Cc1cc(Br)cc(C)c1Nc1ccc(C(N)=S)c(F)c1. The molecule has 0 atom stereocenters. The molecular weight excluding hydrogens is 339 g/mol. The standard InChI is InChI=1S/C15H14BrFN2S/c1-8-5-10(16)6-9(2)14(8)19-11-3-4-12(15(18)20)13(17)7-11/h3-7,19H,1-2H3,(H2,18,20). The molecule has 2 rings (SSSR count). The van der Waals surface area contributed by atoms with Crippen LogP contribution in [0.15, 0.2) is 34.8 Å². The second kappa shape index (κ2) is 5.89. The molecule has 2 nitrogen and oxygen atoms in total. The Balaban J connectivity index is 2.36. The van der Waals surface area contributed by atoms with Gasteiger partial charge >= 0.3 is 0 Å². The predicted octanol–water partition coefficient (Wildman–Crippen LogP) is 4.58. The number of nitrogens with one attached hydrogen (secondary N) is 1. The molecule has 0 fully saturated rings. The Kier molecular flexibility index (Phi) is 4.40. The Morgan fingerprint density at radius 3 is 2.30 bits per heavy atom. The number of benzene rings is 2. The number of hydrogen-bond donors (Lipinski definition) is 2. The fourth-order valence-corrected chi connectivity index (χ4v) is 2.90. The summed E-state index contributed by atoms with van der Waals surface area (Å²) in [5.41, 5.74) is 9.50. The van der Waals surface area contributed by atoms with Gasteiger partial charge < -0.3 is 11.1 Å². The first-order chi connectivity index (χ1) is 9.38. The van der Waals surface area contributed by atoms with E-state index in [4.69, 9.17) is 18.0 Å². The minimum atomic E-state index is -0.421. The van der Waals surface area contributed by atoms with Crippen LogP contribution in [0.1, 0.15) is 16.7 Å². The molecule has 0 aliphatic rings. The summed E-state index contributed by atoms with van der Waals surface area (Å²) in [4.78, 5) is 0.0602. The van der Waals surface area contributed by atoms with Crippen LogP contribution in [0.25, 0.3) is 0 Å². The first-order valence-electron chi connectivity index (χ1n) is 6.01. The van der Waals surface area contributed by atoms with Crippen LogP contribution >= 0.6 is 28.1 Å². The van der Waals surface area contributed by atoms with Crippen molar-refractivity contribution < 1.29 is 4.39 Å². The van der Waals surface area contributed by atoms with Crippen molar-refractivity contribution in [2.24, 2.45) is 5.73 Å². The molecule has 0 amide bonds. The summed E-state index contributed by atoms with van der Waals surface area (Å²) in [5, 5.41) is 3.23. The Hall–Kier alpha value is -1.46. The van der Waals surface area contributed by atoms with Gasteiger partial charge in [-0.25, -0.2) is 4.39 Å². The molecular formula is C15H14BrFN2S. The van der Waals surface area contributed by atoms with E-state index in [-0.39, 0.29) is 10.6 Å². The van der Waals surface area contributed by atoms with Crippen LogP contribution in [0.4, 0.5) is 15.8 Å². The van der Waals surface area contributed by atoms with Crippen LogP contribution in [-0.2, 0) is 0 Å². The molecule has 3 N–H and O–H groups in total. The second-order valence-electron chi connectivity index (χ2n) is 4.60. The smallest absolute Gasteiger partial charge is 0.135 e. The molecule has 0 saturated carbocycles. The van der Waals surface area contributed by atoms with E-state index in [1.165, 1.54) is 6.07 Å². The highest BCUT2D eigenvalue weighted by molar-refractivity contribution is 9.10. The van der Waals surface area contributed by atoms with Crippen molar-refractivity contribution in [1.29, 1.82) is 0 Å². The molecule has 0 heterocycles. The topological polar surface area (TPSA) is 38.0 Å². The largest absolute Gasteiger partial charge is 0.389 e. The van der Waals surface area contributed by atoms with E-state index in [0.29, 0.717) is 5.69 Å². The van der Waals surface area contributed by atoms with Crippen LogP contribution in [0.5, 0.6) is 0 Å². The average molecular weight is 353 g/mol. The summed E-state index contributed by atoms with van der Waals surface area (Å²) >= 11 is 8.24. The van der Waals surface area contributed by atoms with Crippen molar-refractivity contribution >= 4 is 44.5 Å². The maximum Gasteiger partial charge on any atom is 0.135 e. The zero-order chi connectivity index (χ0) is 14.9. The van der Waals surface area contributed by atoms with Crippen molar-refractivity contribution in [3.05, 3.63) is 57.3 Å². The van der Waals surface area contributed by atoms with Gasteiger partial charge in [-0.1, -0.05) is 28.1 Å². The molecule has 0 aliphatic heterocycles. The number of halogens is 2. The Bertz CT molecular complexity index is 663. The van der Waals surface area contributed by atoms with Crippen molar-refractivity contribution in [3.8, 4) is 0 Å². The van der Waals surface area contributed by atoms with E-state index in [0.717, 1.165) is 21.3 Å². The molecule has 2 aromatic carbocycles. The van der Waals surface area contributed by atoms with Gasteiger partial charge in [0.25, 0.3) is 0 Å². The normalized spacial score (nSPS) is 10.4. The van der Waals surface area contributed by atoms with Gasteiger partial charge in [0.15, 0.2) is 0 Å². The molecule has 0 aromatic heterocycles. The van der Waals surface area contributed by atoms with E-state index >= 15 is 0 Å². The van der Waals surface area contributed by atoms with Crippen LogP contribution < -0.4 is 11.1 Å². The minimum Gasteiger partial charge on any atom is -0.389 e. The van der Waals surface area contributed by atoms with Crippen LogP contribution in [0.2, 0.25) is 0 Å². The van der Waals surface area contributed by atoms with Crippen molar-refractivity contribution in [3.63, 3.8) is 0 Å². The minimum absolute atomic E-state index is 0.0602. The molecule has 0 aliphatic carbocycles. The summed E-state index contributed by atoms with van der Waals surface area (Å²) < 4.78 is 14.9. The number of aryl methyl sites for hydroxylation is 2. The van der Waals surface area contributed by atoms with E-state index in [1.54, 1.807) is 12.1 Å². The number of thiocarbonyl (C=S) groups is 1. The fraction of sp³-hybridized carbons (Fsp3) is 0.133. The van der Waals surface area contributed by atoms with Crippen LogP contribution in [0, 0.1) is 19.7 Å². The van der Waals surface area contributed by atoms with Gasteiger partial charge in [-0.2, -0.15) is 0 Å². The van der Waals surface area contributed by atoms with Crippen molar-refractivity contribution in [1.82, 2.24) is 0 Å². The summed E-state index contributed by atoms with van der Waals surface area (Å²) in [6.07, 6.45) is 0. The number of nitrogens with two attached hydrogens (primary N) is 1. The van der Waals surface area contributed by atoms with E-state index in [2.05, 4.69) is 21.2 Å². The average Bonchev–Trinajstić information content (AvgIpc) is 2.33. The van der Waals surface area contributed by atoms with Gasteiger partial charge in [-0.05, 0) is 55.3 Å². The van der Waals surface area contributed by atoms with Gasteiger partial charge in [0.1, 0.15) is 10.8 Å². The number of hydrogen-bond acceptors (Lipinski definition) is 2. The molecule has 104 valence electrons.